The number of thiophene rings is 1. The van der Waals surface area contributed by atoms with Crippen molar-refractivity contribution in [1.82, 2.24) is 0 Å². The molecule has 0 aliphatic carbocycles. The minimum Gasteiger partial charge on any atom is -0.397 e. The number of rotatable bonds is 2. The molecule has 0 spiro atoms. The zero-order valence-electron chi connectivity index (χ0n) is 9.73. The van der Waals surface area contributed by atoms with Crippen LogP contribution in [0.15, 0.2) is 30.3 Å². The van der Waals surface area contributed by atoms with Gasteiger partial charge in [-0.2, -0.15) is 5.26 Å². The first-order valence-corrected chi connectivity index (χ1v) is 6.09. The third kappa shape index (κ3) is 2.50. The third-order valence-electron chi connectivity index (χ3n) is 2.39. The maximum Gasteiger partial charge on any atom is 0.265 e. The van der Waals surface area contributed by atoms with Crippen molar-refractivity contribution in [2.75, 3.05) is 11.1 Å². The summed E-state index contributed by atoms with van der Waals surface area (Å²) >= 11 is 1.42. The fourth-order valence-corrected chi connectivity index (χ4v) is 2.25. The van der Waals surface area contributed by atoms with Gasteiger partial charge < -0.3 is 11.1 Å². The average Bonchev–Trinajstić information content (AvgIpc) is 2.78. The van der Waals surface area contributed by atoms with Crippen molar-refractivity contribution in [3.8, 4) is 6.07 Å². The summed E-state index contributed by atoms with van der Waals surface area (Å²) in [4.78, 5) is 13.6. The second kappa shape index (κ2) is 4.90. The van der Waals surface area contributed by atoms with E-state index in [9.17, 15) is 4.79 Å². The predicted molar refractivity (Wildman–Crippen MR) is 72.6 cm³/mol. The maximum atomic E-state index is 11.9. The van der Waals surface area contributed by atoms with Crippen LogP contribution < -0.4 is 11.1 Å². The lowest BCUT2D eigenvalue weighted by molar-refractivity contribution is 0.103. The molecule has 0 unspecified atom stereocenters. The first kappa shape index (κ1) is 12.1. The van der Waals surface area contributed by atoms with Crippen molar-refractivity contribution in [1.29, 1.82) is 5.26 Å². The van der Waals surface area contributed by atoms with Gasteiger partial charge in [0.1, 0.15) is 0 Å². The number of nitrogens with zero attached hydrogens (tertiary/aromatic N) is 1. The number of hydrogen-bond acceptors (Lipinski definition) is 4. The van der Waals surface area contributed by atoms with Gasteiger partial charge in [0.25, 0.3) is 5.91 Å². The van der Waals surface area contributed by atoms with Crippen LogP contribution in [0, 0.1) is 18.3 Å². The van der Waals surface area contributed by atoms with Crippen LogP contribution in [0.25, 0.3) is 0 Å². The van der Waals surface area contributed by atoms with Crippen molar-refractivity contribution < 1.29 is 4.79 Å². The number of benzene rings is 1. The molecule has 90 valence electrons. The van der Waals surface area contributed by atoms with Crippen LogP contribution in [0.1, 0.15) is 20.1 Å². The molecule has 1 aromatic carbocycles. The molecule has 0 saturated heterocycles. The van der Waals surface area contributed by atoms with Gasteiger partial charge in [-0.15, -0.1) is 11.3 Å². The molecule has 2 rings (SSSR count). The summed E-state index contributed by atoms with van der Waals surface area (Å²) in [6.45, 7) is 1.94. The normalized spacial score (nSPS) is 9.78. The Balaban J connectivity index is 2.20. The smallest absolute Gasteiger partial charge is 0.265 e. The minimum atomic E-state index is -0.190. The van der Waals surface area contributed by atoms with Crippen LogP contribution in [0.5, 0.6) is 0 Å². The molecular weight excluding hydrogens is 246 g/mol. The highest BCUT2D eigenvalue weighted by Gasteiger charge is 2.10. The van der Waals surface area contributed by atoms with Crippen LogP contribution in [-0.4, -0.2) is 5.91 Å². The zero-order valence-corrected chi connectivity index (χ0v) is 10.5. The van der Waals surface area contributed by atoms with Crippen molar-refractivity contribution in [2.45, 2.75) is 6.92 Å². The Labute approximate surface area is 109 Å². The summed E-state index contributed by atoms with van der Waals surface area (Å²) in [6, 6.07) is 10.4. The third-order valence-corrected chi connectivity index (χ3v) is 3.39. The fraction of sp³-hybridized carbons (Fsp3) is 0.0769. The van der Waals surface area contributed by atoms with E-state index in [0.717, 1.165) is 4.88 Å². The largest absolute Gasteiger partial charge is 0.397 e. The number of nitrogens with one attached hydrogen (secondary N) is 1. The Morgan fingerprint density at radius 2 is 2.17 bits per heavy atom. The second-order valence-electron chi connectivity index (χ2n) is 3.78. The molecule has 1 amide bonds. The highest BCUT2D eigenvalue weighted by Crippen LogP contribution is 2.22. The lowest BCUT2D eigenvalue weighted by Gasteiger charge is -2.07. The predicted octanol–water partition coefficient (Wildman–Crippen LogP) is 2.76. The van der Waals surface area contributed by atoms with Gasteiger partial charge in [-0.3, -0.25) is 4.79 Å². The SMILES string of the molecule is Cc1ccc(C(=O)Nc2ccc(C#N)cc2N)s1. The summed E-state index contributed by atoms with van der Waals surface area (Å²) < 4.78 is 0. The van der Waals surface area contributed by atoms with Crippen LogP contribution in [-0.2, 0) is 0 Å². The number of nitriles is 1. The molecule has 3 N–H and O–H groups in total. The van der Waals surface area contributed by atoms with E-state index >= 15 is 0 Å². The Kier molecular flexibility index (Phi) is 3.31. The van der Waals surface area contributed by atoms with Crippen LogP contribution in [0.4, 0.5) is 11.4 Å². The summed E-state index contributed by atoms with van der Waals surface area (Å²) in [7, 11) is 0. The standard InChI is InChI=1S/C13H11N3OS/c1-8-2-5-12(18-8)13(17)16-11-4-3-9(7-14)6-10(11)15/h2-6H,15H2,1H3,(H,16,17). The summed E-state index contributed by atoms with van der Waals surface area (Å²) in [5.41, 5.74) is 7.14. The molecule has 0 atom stereocenters. The zero-order chi connectivity index (χ0) is 13.1. The second-order valence-corrected chi connectivity index (χ2v) is 5.07. The van der Waals surface area contributed by atoms with Gasteiger partial charge in [-0.25, -0.2) is 0 Å². The summed E-state index contributed by atoms with van der Waals surface area (Å²) in [6.07, 6.45) is 0. The van der Waals surface area contributed by atoms with E-state index in [0.29, 0.717) is 21.8 Å². The molecular formula is C13H11N3OS. The Hall–Kier alpha value is -2.32. The molecule has 18 heavy (non-hydrogen) atoms. The van der Waals surface area contributed by atoms with E-state index in [4.69, 9.17) is 11.0 Å². The molecule has 1 aromatic heterocycles. The van der Waals surface area contributed by atoms with Crippen LogP contribution in [0.2, 0.25) is 0 Å². The molecule has 0 saturated carbocycles. The van der Waals surface area contributed by atoms with Crippen molar-refractivity contribution in [3.05, 3.63) is 45.6 Å². The number of hydrogen-bond donors (Lipinski definition) is 2. The van der Waals surface area contributed by atoms with E-state index in [1.165, 1.54) is 17.4 Å². The van der Waals surface area contributed by atoms with Gasteiger partial charge in [-0.05, 0) is 37.3 Å². The van der Waals surface area contributed by atoms with Gasteiger partial charge in [0.15, 0.2) is 0 Å². The summed E-state index contributed by atoms with van der Waals surface area (Å²) in [5.74, 6) is -0.190. The molecule has 2 aromatic rings. The van der Waals surface area contributed by atoms with Gasteiger partial charge in [0.2, 0.25) is 0 Å². The van der Waals surface area contributed by atoms with E-state index in [2.05, 4.69) is 5.32 Å². The lowest BCUT2D eigenvalue weighted by atomic mass is 10.2. The van der Waals surface area contributed by atoms with Gasteiger partial charge in [0, 0.05) is 4.88 Å². The number of carbonyl (C=O) groups is 1. The summed E-state index contributed by atoms with van der Waals surface area (Å²) in [5, 5.41) is 11.5. The van der Waals surface area contributed by atoms with Gasteiger partial charge in [-0.1, -0.05) is 0 Å². The highest BCUT2D eigenvalue weighted by atomic mass is 32.1. The van der Waals surface area contributed by atoms with Gasteiger partial charge in [0.05, 0.1) is 27.9 Å². The van der Waals surface area contributed by atoms with E-state index in [1.54, 1.807) is 18.2 Å². The fourth-order valence-electron chi connectivity index (χ4n) is 1.49. The van der Waals surface area contributed by atoms with E-state index in [-0.39, 0.29) is 5.91 Å². The maximum absolute atomic E-state index is 11.9. The number of anilines is 2. The van der Waals surface area contributed by atoms with Crippen molar-refractivity contribution in [2.24, 2.45) is 0 Å². The number of aryl methyl sites for hydroxylation is 1. The Bertz CT molecular complexity index is 640. The lowest BCUT2D eigenvalue weighted by Crippen LogP contribution is -2.11. The molecule has 0 radical (unpaired) electrons. The van der Waals surface area contributed by atoms with Crippen molar-refractivity contribution >= 4 is 28.6 Å². The molecule has 0 aliphatic rings. The number of nitrogen functional groups attached to an aromatic ring is 1. The number of amides is 1. The Morgan fingerprint density at radius 1 is 1.39 bits per heavy atom. The van der Waals surface area contributed by atoms with Crippen LogP contribution >= 0.6 is 11.3 Å². The topological polar surface area (TPSA) is 78.9 Å². The minimum absolute atomic E-state index is 0.190. The first-order chi connectivity index (χ1) is 8.60. The average molecular weight is 257 g/mol. The van der Waals surface area contributed by atoms with E-state index in [1.807, 2.05) is 19.1 Å². The van der Waals surface area contributed by atoms with Crippen LogP contribution in [0.3, 0.4) is 0 Å². The molecule has 0 aliphatic heterocycles. The monoisotopic (exact) mass is 257 g/mol. The van der Waals surface area contributed by atoms with Gasteiger partial charge >= 0.3 is 0 Å². The molecule has 4 nitrogen and oxygen atoms in total. The number of nitrogens with two attached hydrogens (primary N) is 1. The van der Waals surface area contributed by atoms with E-state index < -0.39 is 0 Å². The molecule has 0 fully saturated rings. The molecule has 5 heteroatoms. The molecule has 1 heterocycles. The first-order valence-electron chi connectivity index (χ1n) is 5.27. The van der Waals surface area contributed by atoms with Crippen molar-refractivity contribution in [3.63, 3.8) is 0 Å². The number of carbonyl (C=O) groups excluding carboxylic acids is 1. The molecule has 0 bridgehead atoms. The highest BCUT2D eigenvalue weighted by molar-refractivity contribution is 7.14. The quantitative estimate of drug-likeness (QED) is 0.812. The Morgan fingerprint density at radius 3 is 2.72 bits per heavy atom.